The number of rotatable bonds is 5. The predicted molar refractivity (Wildman–Crippen MR) is 109 cm³/mol. The van der Waals surface area contributed by atoms with E-state index in [-0.39, 0.29) is 0 Å². The molecular formula is C22H22F3NOS. The van der Waals surface area contributed by atoms with E-state index in [1.54, 1.807) is 24.9 Å². The lowest BCUT2D eigenvalue weighted by Gasteiger charge is -2.24. The van der Waals surface area contributed by atoms with E-state index in [9.17, 15) is 13.2 Å². The van der Waals surface area contributed by atoms with Gasteiger partial charge in [0.1, 0.15) is 5.75 Å². The summed E-state index contributed by atoms with van der Waals surface area (Å²) in [6.07, 6.45) is -1.73. The molecule has 1 aliphatic rings. The lowest BCUT2D eigenvalue weighted by atomic mass is 9.95. The van der Waals surface area contributed by atoms with Gasteiger partial charge in [-0.15, -0.1) is 11.8 Å². The number of allylic oxidation sites excluding steroid dienone is 1. The first kappa shape index (κ1) is 20.5. The van der Waals surface area contributed by atoms with E-state index in [0.29, 0.717) is 12.2 Å². The molecule has 0 radical (unpaired) electrons. The normalized spacial score (nSPS) is 19.8. The molecule has 0 saturated carbocycles. The lowest BCUT2D eigenvalue weighted by molar-refractivity contribution is -0.125. The van der Waals surface area contributed by atoms with E-state index in [2.05, 4.69) is 0 Å². The largest absolute Gasteiger partial charge is 0.497 e. The van der Waals surface area contributed by atoms with Gasteiger partial charge in [-0.05, 0) is 24.6 Å². The number of halogens is 3. The monoisotopic (exact) mass is 405 g/mol. The third-order valence-electron chi connectivity index (χ3n) is 4.69. The van der Waals surface area contributed by atoms with Crippen LogP contribution in [0.1, 0.15) is 30.9 Å². The fourth-order valence-corrected chi connectivity index (χ4v) is 4.32. The van der Waals surface area contributed by atoms with Crippen molar-refractivity contribution in [3.63, 3.8) is 0 Å². The van der Waals surface area contributed by atoms with Crippen molar-refractivity contribution < 1.29 is 17.9 Å². The molecule has 0 aliphatic carbocycles. The first-order chi connectivity index (χ1) is 13.4. The predicted octanol–water partition coefficient (Wildman–Crippen LogP) is 6.30. The maximum atomic E-state index is 12.7. The number of hydrogen-bond donors (Lipinski definition) is 0. The van der Waals surface area contributed by atoms with Crippen LogP contribution in [0.3, 0.4) is 0 Å². The zero-order valence-electron chi connectivity index (χ0n) is 15.8. The van der Waals surface area contributed by atoms with Crippen molar-refractivity contribution in [3.8, 4) is 5.75 Å². The van der Waals surface area contributed by atoms with Gasteiger partial charge in [0.2, 0.25) is 0 Å². The summed E-state index contributed by atoms with van der Waals surface area (Å²) in [7, 11) is 1.61. The molecule has 6 heteroatoms. The minimum absolute atomic E-state index is 0.577. The summed E-state index contributed by atoms with van der Waals surface area (Å²) < 4.78 is 43.3. The second-order valence-electron chi connectivity index (χ2n) is 6.66. The molecule has 3 rings (SSSR count). The molecule has 1 atom stereocenters. The number of alkyl halides is 3. The van der Waals surface area contributed by atoms with Crippen LogP contribution >= 0.6 is 11.8 Å². The van der Waals surface area contributed by atoms with Crippen LogP contribution in [0.15, 0.2) is 70.6 Å². The molecule has 1 heterocycles. The van der Waals surface area contributed by atoms with Crippen molar-refractivity contribution in [3.05, 3.63) is 71.8 Å². The molecule has 0 spiro atoms. The Morgan fingerprint density at radius 3 is 2.57 bits per heavy atom. The van der Waals surface area contributed by atoms with Crippen LogP contribution in [0, 0.1) is 0 Å². The van der Waals surface area contributed by atoms with Crippen LogP contribution in [0.5, 0.6) is 5.75 Å². The van der Waals surface area contributed by atoms with Crippen molar-refractivity contribution in [1.82, 2.24) is 0 Å². The Kier molecular flexibility index (Phi) is 6.18. The van der Waals surface area contributed by atoms with Crippen LogP contribution in [-0.4, -0.2) is 30.3 Å². The van der Waals surface area contributed by atoms with Crippen molar-refractivity contribution in [2.45, 2.75) is 36.4 Å². The van der Waals surface area contributed by atoms with Gasteiger partial charge in [-0.25, -0.2) is 0 Å². The van der Waals surface area contributed by atoms with Gasteiger partial charge in [-0.3, -0.25) is 4.99 Å². The quantitative estimate of drug-likeness (QED) is 0.545. The van der Waals surface area contributed by atoms with Gasteiger partial charge in [0.15, 0.2) is 0 Å². The molecule has 0 amide bonds. The minimum Gasteiger partial charge on any atom is -0.497 e. The highest BCUT2D eigenvalue weighted by atomic mass is 32.2. The zero-order valence-corrected chi connectivity index (χ0v) is 16.6. The SMILES string of the molecule is CCC1(C=CCC(F)(F)F)CSc2ccc(OC)cc2C(c2ccccc2)=N1. The number of fused-ring (bicyclic) bond motifs is 1. The number of benzene rings is 2. The number of nitrogens with zero attached hydrogens (tertiary/aromatic N) is 1. The number of hydrogen-bond acceptors (Lipinski definition) is 3. The van der Waals surface area contributed by atoms with Gasteiger partial charge in [0.05, 0.1) is 24.8 Å². The fourth-order valence-electron chi connectivity index (χ4n) is 3.08. The molecule has 0 saturated heterocycles. The van der Waals surface area contributed by atoms with Gasteiger partial charge in [-0.1, -0.05) is 49.4 Å². The number of methoxy groups -OCH3 is 1. The van der Waals surface area contributed by atoms with E-state index >= 15 is 0 Å². The van der Waals surface area contributed by atoms with Crippen LogP contribution < -0.4 is 4.74 Å². The van der Waals surface area contributed by atoms with Crippen LogP contribution in [0.4, 0.5) is 13.2 Å². The summed E-state index contributed by atoms with van der Waals surface area (Å²) in [5.41, 5.74) is 1.95. The maximum absolute atomic E-state index is 12.7. The van der Waals surface area contributed by atoms with Gasteiger partial charge in [-0.2, -0.15) is 13.2 Å². The molecule has 1 aliphatic heterocycles. The van der Waals surface area contributed by atoms with Crippen molar-refractivity contribution in [2.75, 3.05) is 12.9 Å². The molecule has 28 heavy (non-hydrogen) atoms. The Labute approximate surface area is 167 Å². The summed E-state index contributed by atoms with van der Waals surface area (Å²) in [6, 6.07) is 15.6. The Balaban J connectivity index is 2.12. The maximum Gasteiger partial charge on any atom is 0.392 e. The van der Waals surface area contributed by atoms with Crippen LogP contribution in [-0.2, 0) is 0 Å². The summed E-state index contributed by atoms with van der Waals surface area (Å²) in [6.45, 7) is 1.96. The Morgan fingerprint density at radius 2 is 1.93 bits per heavy atom. The molecule has 0 aromatic heterocycles. The van der Waals surface area contributed by atoms with E-state index in [1.165, 1.54) is 6.08 Å². The molecule has 0 N–H and O–H groups in total. The first-order valence-corrected chi connectivity index (χ1v) is 10.1. The first-order valence-electron chi connectivity index (χ1n) is 9.07. The van der Waals surface area contributed by atoms with Gasteiger partial charge >= 0.3 is 6.18 Å². The molecule has 2 aromatic carbocycles. The standard InChI is InChI=1S/C22H22F3NOS/c1-3-21(12-7-13-22(23,24)25)15-28-19-11-10-17(27-2)14-18(19)20(26-21)16-8-5-4-6-9-16/h4-12,14H,3,13,15H2,1-2H3. The molecule has 1 unspecified atom stereocenters. The smallest absolute Gasteiger partial charge is 0.392 e. The zero-order chi connectivity index (χ0) is 20.2. The molecule has 0 bridgehead atoms. The fraction of sp³-hybridized carbons (Fsp3) is 0.318. The van der Waals surface area contributed by atoms with E-state index in [0.717, 1.165) is 27.5 Å². The van der Waals surface area contributed by atoms with Crippen molar-refractivity contribution in [2.24, 2.45) is 4.99 Å². The van der Waals surface area contributed by atoms with Gasteiger partial charge in [0.25, 0.3) is 0 Å². The Bertz CT molecular complexity index is 877. The summed E-state index contributed by atoms with van der Waals surface area (Å²) >= 11 is 1.61. The summed E-state index contributed by atoms with van der Waals surface area (Å²) in [5, 5.41) is 0. The molecular weight excluding hydrogens is 383 g/mol. The van der Waals surface area contributed by atoms with Gasteiger partial charge < -0.3 is 4.74 Å². The van der Waals surface area contributed by atoms with Crippen LogP contribution in [0.25, 0.3) is 0 Å². The number of ether oxygens (including phenoxy) is 1. The summed E-state index contributed by atoms with van der Waals surface area (Å²) in [5.74, 6) is 1.30. The van der Waals surface area contributed by atoms with E-state index in [1.807, 2.05) is 55.5 Å². The van der Waals surface area contributed by atoms with Crippen molar-refractivity contribution in [1.29, 1.82) is 0 Å². The summed E-state index contributed by atoms with van der Waals surface area (Å²) in [4.78, 5) is 6.06. The van der Waals surface area contributed by atoms with Crippen molar-refractivity contribution >= 4 is 17.5 Å². The lowest BCUT2D eigenvalue weighted by Crippen LogP contribution is -2.27. The molecule has 2 nitrogen and oxygen atoms in total. The van der Waals surface area contributed by atoms with Gasteiger partial charge in [0, 0.05) is 21.8 Å². The topological polar surface area (TPSA) is 21.6 Å². The average molecular weight is 405 g/mol. The average Bonchev–Trinajstić information content (AvgIpc) is 2.85. The minimum atomic E-state index is -4.22. The highest BCUT2D eigenvalue weighted by Crippen LogP contribution is 2.38. The second kappa shape index (κ2) is 8.43. The van der Waals surface area contributed by atoms with E-state index < -0.39 is 18.1 Å². The second-order valence-corrected chi connectivity index (χ2v) is 7.67. The highest BCUT2D eigenvalue weighted by molar-refractivity contribution is 7.99. The highest BCUT2D eigenvalue weighted by Gasteiger charge is 2.31. The third kappa shape index (κ3) is 4.79. The van der Waals surface area contributed by atoms with Crippen LogP contribution in [0.2, 0.25) is 0 Å². The Morgan fingerprint density at radius 1 is 1.18 bits per heavy atom. The number of aliphatic imine (C=N–C) groups is 1. The molecule has 0 fully saturated rings. The Hall–Kier alpha value is -2.21. The van der Waals surface area contributed by atoms with E-state index in [4.69, 9.17) is 9.73 Å². The molecule has 148 valence electrons. The molecule has 2 aromatic rings. The number of thioether (sulfide) groups is 1. The third-order valence-corrected chi connectivity index (χ3v) is 6.00.